The van der Waals surface area contributed by atoms with Crippen LogP contribution in [0.15, 0.2) is 18.2 Å². The van der Waals surface area contributed by atoms with Crippen LogP contribution in [0.2, 0.25) is 0 Å². The van der Waals surface area contributed by atoms with E-state index in [0.717, 1.165) is 0 Å². The molecule has 0 radical (unpaired) electrons. The van der Waals surface area contributed by atoms with Crippen molar-refractivity contribution in [2.24, 2.45) is 0 Å². The number of hydrogen-bond donors (Lipinski definition) is 0. The van der Waals surface area contributed by atoms with Gasteiger partial charge in [0, 0.05) is 8.22 Å². The summed E-state index contributed by atoms with van der Waals surface area (Å²) in [5, 5.41) is 0. The lowest BCUT2D eigenvalue weighted by atomic mass is 9.97. The van der Waals surface area contributed by atoms with Gasteiger partial charge in [-0.25, -0.2) is 0 Å². The Morgan fingerprint density at radius 1 is 1.27 bits per heavy atom. The van der Waals surface area contributed by atoms with Gasteiger partial charge in [-0.05, 0) is 30.7 Å². The van der Waals surface area contributed by atoms with Gasteiger partial charge in [-0.15, -0.1) is 0 Å². The van der Waals surface area contributed by atoms with Gasteiger partial charge in [0.25, 0.3) is 0 Å². The van der Waals surface area contributed by atoms with Crippen LogP contribution in [0.1, 0.15) is 44.7 Å². The van der Waals surface area contributed by atoms with Crippen molar-refractivity contribution < 1.29 is 8.22 Å². The fraction of sp³-hybridized carbons (Fsp3) is 0.455. The zero-order valence-corrected chi connectivity index (χ0v) is 6.81. The van der Waals surface area contributed by atoms with Crippen LogP contribution in [-0.2, 0) is 0 Å². The first kappa shape index (κ1) is 3.30. The molecule has 0 aliphatic carbocycles. The van der Waals surface area contributed by atoms with Gasteiger partial charge in [0.2, 0.25) is 0 Å². The van der Waals surface area contributed by atoms with Crippen LogP contribution in [-0.4, -0.2) is 0 Å². The number of hydrogen-bond acceptors (Lipinski definition) is 0. The van der Waals surface area contributed by atoms with E-state index in [-0.39, 0.29) is 17.0 Å². The van der Waals surface area contributed by atoms with Crippen LogP contribution in [0, 0.1) is 13.7 Å². The van der Waals surface area contributed by atoms with E-state index >= 15 is 0 Å². The topological polar surface area (TPSA) is 0 Å². The third kappa shape index (κ3) is 1.83. The molecule has 0 amide bonds. The van der Waals surface area contributed by atoms with Crippen LogP contribution in [0.3, 0.4) is 0 Å². The molecule has 0 aliphatic rings. The maximum Gasteiger partial charge on any atom is 0.0280 e. The fourth-order valence-corrected chi connectivity index (χ4v) is 1.06. The highest BCUT2D eigenvalue weighted by molar-refractivity contribution is 5.32. The first-order valence-electron chi connectivity index (χ1n) is 6.68. The van der Waals surface area contributed by atoms with Crippen molar-refractivity contribution in [1.29, 1.82) is 0 Å². The Kier molecular flexibility index (Phi) is 0.925. The van der Waals surface area contributed by atoms with Crippen LogP contribution in [0.5, 0.6) is 0 Å². The predicted molar refractivity (Wildman–Crippen MR) is 50.0 cm³/mol. The molecule has 0 aromatic heterocycles. The maximum atomic E-state index is 7.46. The molecule has 0 spiro atoms. The zero-order chi connectivity index (χ0) is 13.4. The molecule has 0 atom stereocenters. The van der Waals surface area contributed by atoms with Gasteiger partial charge in [-0.1, -0.05) is 37.6 Å². The summed E-state index contributed by atoms with van der Waals surface area (Å²) in [6.07, 6.45) is 0. The van der Waals surface area contributed by atoms with E-state index < -0.39 is 13.7 Å². The number of benzene rings is 1. The maximum absolute atomic E-state index is 7.46. The molecule has 0 heterocycles. The first-order valence-corrected chi connectivity index (χ1v) is 3.68. The fourth-order valence-electron chi connectivity index (χ4n) is 1.06. The first-order chi connectivity index (χ1) is 7.53. The van der Waals surface area contributed by atoms with E-state index in [2.05, 4.69) is 0 Å². The molecule has 1 rings (SSSR count). The van der Waals surface area contributed by atoms with E-state index in [9.17, 15) is 0 Å². The highest BCUT2D eigenvalue weighted by atomic mass is 14.1. The van der Waals surface area contributed by atoms with Crippen LogP contribution < -0.4 is 0 Å². The average molecular weight is 154 g/mol. The highest BCUT2D eigenvalue weighted by Gasteiger charge is 2.01. The summed E-state index contributed by atoms with van der Waals surface area (Å²) in [5.41, 5.74) is 0.896. The quantitative estimate of drug-likeness (QED) is 0.581. The molecule has 0 aliphatic heterocycles. The standard InChI is InChI=1S/C11H16/c1-8(2)11-6-5-9(3)7-10(11)4/h5-8H,1-4H3/i3D3,4D3. The Morgan fingerprint density at radius 3 is 2.64 bits per heavy atom. The summed E-state index contributed by atoms with van der Waals surface area (Å²) in [5.74, 6) is 0.0519. The van der Waals surface area contributed by atoms with E-state index in [1.165, 1.54) is 12.1 Å². The molecule has 11 heavy (non-hydrogen) atoms. The molecule has 0 N–H and O–H groups in total. The second-order valence-electron chi connectivity index (χ2n) is 2.96. The lowest BCUT2D eigenvalue weighted by Gasteiger charge is -2.09. The molecular formula is C11H16. The minimum atomic E-state index is -2.28. The zero-order valence-electron chi connectivity index (χ0n) is 12.8. The van der Waals surface area contributed by atoms with Crippen molar-refractivity contribution in [3.63, 3.8) is 0 Å². The molecule has 60 valence electrons. The van der Waals surface area contributed by atoms with Gasteiger partial charge in [0.15, 0.2) is 0 Å². The molecule has 0 saturated heterocycles. The Labute approximate surface area is 77.7 Å². The molecular weight excluding hydrogens is 132 g/mol. The van der Waals surface area contributed by atoms with Crippen molar-refractivity contribution in [1.82, 2.24) is 0 Å². The second kappa shape index (κ2) is 3.08. The third-order valence-corrected chi connectivity index (χ3v) is 1.68. The summed E-state index contributed by atoms with van der Waals surface area (Å²) in [7, 11) is 0. The molecule has 1 aromatic carbocycles. The molecule has 0 unspecified atom stereocenters. The van der Waals surface area contributed by atoms with Crippen molar-refractivity contribution in [3.8, 4) is 0 Å². The van der Waals surface area contributed by atoms with Crippen molar-refractivity contribution >= 4 is 0 Å². The minimum Gasteiger partial charge on any atom is -0.0590 e. The highest BCUT2D eigenvalue weighted by Crippen LogP contribution is 2.19. The normalized spacial score (nSPS) is 21.0. The van der Waals surface area contributed by atoms with E-state index in [1.807, 2.05) is 13.8 Å². The second-order valence-corrected chi connectivity index (χ2v) is 2.96. The van der Waals surface area contributed by atoms with Gasteiger partial charge < -0.3 is 0 Å². The number of rotatable bonds is 1. The Bertz CT molecular complexity index is 399. The van der Waals surface area contributed by atoms with Gasteiger partial charge >= 0.3 is 0 Å². The Balaban J connectivity index is 3.41. The summed E-state index contributed by atoms with van der Waals surface area (Å²) < 4.78 is 44.3. The van der Waals surface area contributed by atoms with Gasteiger partial charge in [-0.2, -0.15) is 0 Å². The number of aryl methyl sites for hydroxylation is 2. The minimum absolute atomic E-state index is 0.0519. The van der Waals surface area contributed by atoms with Gasteiger partial charge in [0.1, 0.15) is 0 Å². The Hall–Kier alpha value is -0.780. The molecule has 0 saturated carbocycles. The van der Waals surface area contributed by atoms with Crippen LogP contribution >= 0.6 is 0 Å². The Morgan fingerprint density at radius 2 is 2.09 bits per heavy atom. The van der Waals surface area contributed by atoms with Gasteiger partial charge in [-0.3, -0.25) is 0 Å². The summed E-state index contributed by atoms with van der Waals surface area (Å²) >= 11 is 0. The lowest BCUT2D eigenvalue weighted by Crippen LogP contribution is -1.91. The average Bonchev–Trinajstić information content (AvgIpc) is 2.14. The third-order valence-electron chi connectivity index (χ3n) is 1.68. The summed E-state index contributed by atoms with van der Waals surface area (Å²) in [4.78, 5) is 0. The largest absolute Gasteiger partial charge is 0.0590 e. The molecule has 0 heteroatoms. The van der Waals surface area contributed by atoms with Crippen molar-refractivity contribution in [2.45, 2.75) is 33.5 Å². The van der Waals surface area contributed by atoms with Crippen LogP contribution in [0.25, 0.3) is 0 Å². The van der Waals surface area contributed by atoms with E-state index in [0.29, 0.717) is 5.56 Å². The van der Waals surface area contributed by atoms with E-state index in [1.54, 1.807) is 6.07 Å². The van der Waals surface area contributed by atoms with Crippen molar-refractivity contribution in [3.05, 3.63) is 34.9 Å². The lowest BCUT2D eigenvalue weighted by molar-refractivity contribution is 0.855. The van der Waals surface area contributed by atoms with Crippen molar-refractivity contribution in [2.75, 3.05) is 0 Å². The monoisotopic (exact) mass is 154 g/mol. The molecule has 0 bridgehead atoms. The predicted octanol–water partition coefficient (Wildman–Crippen LogP) is 3.43. The molecule has 1 aromatic rings. The van der Waals surface area contributed by atoms with Gasteiger partial charge in [0.05, 0.1) is 0 Å². The van der Waals surface area contributed by atoms with Crippen LogP contribution in [0.4, 0.5) is 0 Å². The SMILES string of the molecule is [2H]C([2H])([2H])c1ccc(C(C)C)c(C([2H])([2H])[2H])c1. The molecule has 0 fully saturated rings. The smallest absolute Gasteiger partial charge is 0.0280 e. The summed E-state index contributed by atoms with van der Waals surface area (Å²) in [6, 6.07) is 4.38. The summed E-state index contributed by atoms with van der Waals surface area (Å²) in [6.45, 7) is -0.768. The van der Waals surface area contributed by atoms with E-state index in [4.69, 9.17) is 8.22 Å². The molecule has 0 nitrogen and oxygen atoms in total.